The van der Waals surface area contributed by atoms with E-state index in [9.17, 15) is 0 Å². The van der Waals surface area contributed by atoms with Crippen LogP contribution in [0.15, 0.2) is 30.5 Å². The summed E-state index contributed by atoms with van der Waals surface area (Å²) in [6.07, 6.45) is 2.02. The zero-order chi connectivity index (χ0) is 15.4. The van der Waals surface area contributed by atoms with Crippen molar-refractivity contribution < 1.29 is 0 Å². The minimum Gasteiger partial charge on any atom is -0.359 e. The Kier molecular flexibility index (Phi) is 5.18. The first-order valence-corrected chi connectivity index (χ1v) is 7.80. The molecule has 0 fully saturated rings. The summed E-state index contributed by atoms with van der Waals surface area (Å²) in [5, 5.41) is 6.02. The van der Waals surface area contributed by atoms with Crippen LogP contribution in [-0.2, 0) is 6.54 Å². The molecule has 0 atom stereocenters. The van der Waals surface area contributed by atoms with E-state index in [1.807, 2.05) is 6.20 Å². The average Bonchev–Trinajstić information content (AvgIpc) is 2.43. The van der Waals surface area contributed by atoms with E-state index in [0.29, 0.717) is 12.0 Å². The summed E-state index contributed by atoms with van der Waals surface area (Å²) in [4.78, 5) is 6.98. The van der Waals surface area contributed by atoms with Gasteiger partial charge in [-0.1, -0.05) is 52.0 Å². The topological polar surface area (TPSA) is 28.2 Å². The van der Waals surface area contributed by atoms with Crippen LogP contribution in [0, 0.1) is 5.92 Å². The highest BCUT2D eigenvalue weighted by atomic mass is 15.2. The van der Waals surface area contributed by atoms with E-state index in [1.54, 1.807) is 0 Å². The molecule has 2 rings (SSSR count). The quantitative estimate of drug-likeness (QED) is 0.874. The fourth-order valence-corrected chi connectivity index (χ4v) is 2.63. The van der Waals surface area contributed by atoms with Gasteiger partial charge < -0.3 is 10.2 Å². The van der Waals surface area contributed by atoms with Crippen LogP contribution >= 0.6 is 0 Å². The molecule has 1 heterocycles. The number of nitrogens with one attached hydrogen (secondary N) is 1. The van der Waals surface area contributed by atoms with E-state index < -0.39 is 0 Å². The molecule has 1 aromatic carbocycles. The van der Waals surface area contributed by atoms with Gasteiger partial charge in [0.15, 0.2) is 0 Å². The Morgan fingerprint density at radius 1 is 1.10 bits per heavy atom. The number of aromatic nitrogens is 1. The molecule has 114 valence electrons. The van der Waals surface area contributed by atoms with Gasteiger partial charge in [-0.05, 0) is 16.9 Å². The molecule has 3 heteroatoms. The van der Waals surface area contributed by atoms with E-state index in [4.69, 9.17) is 4.98 Å². The first-order valence-electron chi connectivity index (χ1n) is 7.80. The largest absolute Gasteiger partial charge is 0.359 e. The number of hydrogen-bond donors (Lipinski definition) is 1. The maximum atomic E-state index is 4.72. The minimum atomic E-state index is 0.479. The van der Waals surface area contributed by atoms with Crippen LogP contribution in [0.1, 0.15) is 33.3 Å². The van der Waals surface area contributed by atoms with Gasteiger partial charge in [-0.2, -0.15) is 0 Å². The fourth-order valence-electron chi connectivity index (χ4n) is 2.63. The van der Waals surface area contributed by atoms with E-state index in [0.717, 1.165) is 18.9 Å². The second-order valence-electron chi connectivity index (χ2n) is 6.46. The second kappa shape index (κ2) is 6.90. The third-order valence-corrected chi connectivity index (χ3v) is 3.56. The van der Waals surface area contributed by atoms with Crippen molar-refractivity contribution in [3.05, 3.63) is 36.0 Å². The summed E-state index contributed by atoms with van der Waals surface area (Å²) < 4.78 is 0. The van der Waals surface area contributed by atoms with E-state index in [2.05, 4.69) is 69.2 Å². The lowest BCUT2D eigenvalue weighted by molar-refractivity contribution is 0.589. The summed E-state index contributed by atoms with van der Waals surface area (Å²) in [7, 11) is 2.13. The van der Waals surface area contributed by atoms with Crippen molar-refractivity contribution in [3.8, 4) is 0 Å². The predicted molar refractivity (Wildman–Crippen MR) is 91.8 cm³/mol. The van der Waals surface area contributed by atoms with Crippen LogP contribution in [0.3, 0.4) is 0 Å². The number of pyridine rings is 1. The van der Waals surface area contributed by atoms with Gasteiger partial charge in [-0.3, -0.25) is 0 Å². The van der Waals surface area contributed by atoms with Gasteiger partial charge in [-0.15, -0.1) is 0 Å². The van der Waals surface area contributed by atoms with Gasteiger partial charge in [0.1, 0.15) is 5.82 Å². The van der Waals surface area contributed by atoms with Crippen molar-refractivity contribution in [1.29, 1.82) is 0 Å². The van der Waals surface area contributed by atoms with Crippen LogP contribution in [0.5, 0.6) is 0 Å². The smallest absolute Gasteiger partial charge is 0.136 e. The molecule has 3 nitrogen and oxygen atoms in total. The van der Waals surface area contributed by atoms with Crippen molar-refractivity contribution in [1.82, 2.24) is 10.3 Å². The molecule has 0 saturated carbocycles. The summed E-state index contributed by atoms with van der Waals surface area (Å²) in [5.41, 5.74) is 1.26. The molecule has 0 unspecified atom stereocenters. The normalized spacial score (nSPS) is 11.6. The Morgan fingerprint density at radius 3 is 2.38 bits per heavy atom. The van der Waals surface area contributed by atoms with Gasteiger partial charge in [0, 0.05) is 37.8 Å². The van der Waals surface area contributed by atoms with Crippen molar-refractivity contribution in [2.45, 2.75) is 40.3 Å². The van der Waals surface area contributed by atoms with Crippen molar-refractivity contribution >= 4 is 16.6 Å². The number of benzene rings is 1. The lowest BCUT2D eigenvalue weighted by Gasteiger charge is -2.23. The number of hydrogen-bond acceptors (Lipinski definition) is 3. The molecule has 1 aromatic heterocycles. The van der Waals surface area contributed by atoms with E-state index >= 15 is 0 Å². The molecule has 1 N–H and O–H groups in total. The maximum absolute atomic E-state index is 4.72. The molecule has 0 amide bonds. The lowest BCUT2D eigenvalue weighted by atomic mass is 10.1. The summed E-state index contributed by atoms with van der Waals surface area (Å²) >= 11 is 0. The second-order valence-corrected chi connectivity index (χ2v) is 6.46. The Morgan fingerprint density at radius 2 is 1.76 bits per heavy atom. The number of rotatable bonds is 6. The Labute approximate surface area is 128 Å². The molecular formula is C18H27N3. The molecule has 21 heavy (non-hydrogen) atoms. The third kappa shape index (κ3) is 3.94. The van der Waals surface area contributed by atoms with Crippen LogP contribution in [-0.4, -0.2) is 24.6 Å². The number of fused-ring (bicyclic) bond motifs is 1. The predicted octanol–water partition coefficient (Wildman–Crippen LogP) is 3.83. The van der Waals surface area contributed by atoms with Crippen molar-refractivity contribution in [3.63, 3.8) is 0 Å². The van der Waals surface area contributed by atoms with Crippen molar-refractivity contribution in [2.24, 2.45) is 5.92 Å². The van der Waals surface area contributed by atoms with Crippen LogP contribution in [0.25, 0.3) is 10.8 Å². The van der Waals surface area contributed by atoms with Gasteiger partial charge in [0.2, 0.25) is 0 Å². The molecule has 0 radical (unpaired) electrons. The Bertz CT molecular complexity index is 590. The van der Waals surface area contributed by atoms with Crippen molar-refractivity contribution in [2.75, 3.05) is 18.5 Å². The van der Waals surface area contributed by atoms with Crippen LogP contribution in [0.2, 0.25) is 0 Å². The van der Waals surface area contributed by atoms with Gasteiger partial charge in [0.25, 0.3) is 0 Å². The number of nitrogens with zero attached hydrogens (tertiary/aromatic N) is 2. The first-order chi connectivity index (χ1) is 9.99. The summed E-state index contributed by atoms with van der Waals surface area (Å²) in [5.74, 6) is 1.70. The zero-order valence-electron chi connectivity index (χ0n) is 13.9. The monoisotopic (exact) mass is 285 g/mol. The molecule has 2 aromatic rings. The molecule has 0 aliphatic heterocycles. The van der Waals surface area contributed by atoms with Crippen LogP contribution in [0.4, 0.5) is 5.82 Å². The standard InChI is InChI=1S/C18H27N3/c1-13(2)12-21(5)18-17-9-7-6-8-16(17)15(11-20-18)10-19-14(3)4/h6-9,11,13-14,19H,10,12H2,1-5H3. The Hall–Kier alpha value is -1.61. The highest BCUT2D eigenvalue weighted by molar-refractivity contribution is 5.94. The third-order valence-electron chi connectivity index (χ3n) is 3.56. The fraction of sp³-hybridized carbons (Fsp3) is 0.500. The molecule has 0 saturated heterocycles. The van der Waals surface area contributed by atoms with Gasteiger partial charge in [-0.25, -0.2) is 4.98 Å². The Balaban J connectivity index is 2.39. The molecule has 0 bridgehead atoms. The summed E-state index contributed by atoms with van der Waals surface area (Å²) in [6, 6.07) is 9.05. The first kappa shape index (κ1) is 15.8. The van der Waals surface area contributed by atoms with Gasteiger partial charge in [0.05, 0.1) is 0 Å². The maximum Gasteiger partial charge on any atom is 0.136 e. The molecule has 0 aliphatic carbocycles. The highest BCUT2D eigenvalue weighted by Crippen LogP contribution is 2.27. The molecule has 0 aliphatic rings. The van der Waals surface area contributed by atoms with Gasteiger partial charge >= 0.3 is 0 Å². The molecule has 0 spiro atoms. The van der Waals surface area contributed by atoms with Crippen LogP contribution < -0.4 is 10.2 Å². The average molecular weight is 285 g/mol. The summed E-state index contributed by atoms with van der Waals surface area (Å²) in [6.45, 7) is 10.7. The highest BCUT2D eigenvalue weighted by Gasteiger charge is 2.11. The lowest BCUT2D eigenvalue weighted by Crippen LogP contribution is -2.24. The van der Waals surface area contributed by atoms with E-state index in [1.165, 1.54) is 16.3 Å². The van der Waals surface area contributed by atoms with E-state index in [-0.39, 0.29) is 0 Å². The molecular weight excluding hydrogens is 258 g/mol. The zero-order valence-corrected chi connectivity index (χ0v) is 13.9. The number of anilines is 1. The SMILES string of the molecule is CC(C)CN(C)c1ncc(CNC(C)C)c2ccccc12. The minimum absolute atomic E-state index is 0.479.